The van der Waals surface area contributed by atoms with E-state index < -0.39 is 23.7 Å². The van der Waals surface area contributed by atoms with Crippen molar-refractivity contribution in [3.05, 3.63) is 27.2 Å². The van der Waals surface area contributed by atoms with Gasteiger partial charge in [-0.1, -0.05) is 24.5 Å². The molecule has 3 atom stereocenters. The first kappa shape index (κ1) is 20.6. The Balaban J connectivity index is 1.89. The third kappa shape index (κ3) is 3.85. The molecule has 2 aliphatic carbocycles. The molecular weight excluding hydrogens is 376 g/mol. The molecule has 3 rings (SSSR count). The third-order valence-electron chi connectivity index (χ3n) is 6.35. The van der Waals surface area contributed by atoms with Gasteiger partial charge in [0.15, 0.2) is 0 Å². The van der Waals surface area contributed by atoms with Gasteiger partial charge in [0.1, 0.15) is 5.00 Å². The molecule has 0 radical (unpaired) electrons. The molecule has 7 heteroatoms. The number of allylic oxidation sites excluding steroid dienone is 2. The Bertz CT molecular complexity index is 855. The summed E-state index contributed by atoms with van der Waals surface area (Å²) in [7, 11) is 0. The molecule has 6 nitrogen and oxygen atoms in total. The number of hydrogen-bond donors (Lipinski definition) is 3. The van der Waals surface area contributed by atoms with Crippen LogP contribution in [0.1, 0.15) is 67.3 Å². The summed E-state index contributed by atoms with van der Waals surface area (Å²) in [5, 5.41) is 12.9. The van der Waals surface area contributed by atoms with Crippen LogP contribution in [0.25, 0.3) is 0 Å². The molecule has 4 N–H and O–H groups in total. The fraction of sp³-hybridized carbons (Fsp3) is 0.571. The van der Waals surface area contributed by atoms with E-state index in [1.54, 1.807) is 0 Å². The van der Waals surface area contributed by atoms with Crippen LogP contribution < -0.4 is 11.1 Å². The number of hydrogen-bond acceptors (Lipinski definition) is 4. The number of amides is 2. The van der Waals surface area contributed by atoms with Gasteiger partial charge in [-0.3, -0.25) is 14.4 Å². The minimum Gasteiger partial charge on any atom is -0.481 e. The van der Waals surface area contributed by atoms with Gasteiger partial charge >= 0.3 is 5.97 Å². The average molecular weight is 405 g/mol. The van der Waals surface area contributed by atoms with Gasteiger partial charge in [0.05, 0.1) is 17.4 Å². The zero-order valence-corrected chi connectivity index (χ0v) is 17.4. The zero-order valence-electron chi connectivity index (χ0n) is 16.6. The topological polar surface area (TPSA) is 109 Å². The predicted molar refractivity (Wildman–Crippen MR) is 109 cm³/mol. The Hall–Kier alpha value is -2.15. The van der Waals surface area contributed by atoms with Gasteiger partial charge in [-0.05, 0) is 57.4 Å². The molecule has 0 aliphatic heterocycles. The Morgan fingerprint density at radius 3 is 2.36 bits per heavy atom. The van der Waals surface area contributed by atoms with Crippen molar-refractivity contribution in [2.24, 2.45) is 23.5 Å². The number of aliphatic carboxylic acids is 1. The zero-order chi connectivity index (χ0) is 20.6. The highest BCUT2D eigenvalue weighted by molar-refractivity contribution is 7.17. The normalized spacial score (nSPS) is 24.6. The van der Waals surface area contributed by atoms with Crippen LogP contribution in [0.15, 0.2) is 11.1 Å². The fourth-order valence-corrected chi connectivity index (χ4v) is 5.75. The summed E-state index contributed by atoms with van der Waals surface area (Å²) < 4.78 is 0. The summed E-state index contributed by atoms with van der Waals surface area (Å²) in [4.78, 5) is 37.9. The molecular formula is C21H28N2O4S. The summed E-state index contributed by atoms with van der Waals surface area (Å²) >= 11 is 1.42. The van der Waals surface area contributed by atoms with Gasteiger partial charge in [-0.15, -0.1) is 11.3 Å². The van der Waals surface area contributed by atoms with Gasteiger partial charge in [-0.25, -0.2) is 0 Å². The second-order valence-corrected chi connectivity index (χ2v) is 9.20. The van der Waals surface area contributed by atoms with Crippen LogP contribution in [0.2, 0.25) is 0 Å². The summed E-state index contributed by atoms with van der Waals surface area (Å²) in [5.41, 5.74) is 9.10. The van der Waals surface area contributed by atoms with Crippen molar-refractivity contribution < 1.29 is 19.5 Å². The summed E-state index contributed by atoms with van der Waals surface area (Å²) in [6.45, 7) is 6.02. The molecule has 152 valence electrons. The largest absolute Gasteiger partial charge is 0.481 e. The lowest BCUT2D eigenvalue weighted by Crippen LogP contribution is -2.36. The molecule has 2 amide bonds. The monoisotopic (exact) mass is 404 g/mol. The molecule has 0 fully saturated rings. The molecule has 1 aromatic rings. The second kappa shape index (κ2) is 8.07. The maximum absolute atomic E-state index is 13.0. The maximum atomic E-state index is 13.0. The van der Waals surface area contributed by atoms with Crippen LogP contribution in [0, 0.1) is 17.8 Å². The molecule has 0 saturated carbocycles. The molecule has 1 aromatic heterocycles. The number of carboxylic acids is 1. The van der Waals surface area contributed by atoms with Crippen molar-refractivity contribution in [3.63, 3.8) is 0 Å². The Kier molecular flexibility index (Phi) is 5.93. The number of carbonyl (C=O) groups is 3. The van der Waals surface area contributed by atoms with Crippen molar-refractivity contribution in [3.8, 4) is 0 Å². The highest BCUT2D eigenvalue weighted by atomic mass is 32.1. The molecule has 0 aromatic carbocycles. The molecule has 28 heavy (non-hydrogen) atoms. The quantitative estimate of drug-likeness (QED) is 0.649. The summed E-state index contributed by atoms with van der Waals surface area (Å²) in [6.07, 6.45) is 4.58. The highest BCUT2D eigenvalue weighted by Crippen LogP contribution is 2.41. The van der Waals surface area contributed by atoms with Crippen molar-refractivity contribution in [1.29, 1.82) is 0 Å². The summed E-state index contributed by atoms with van der Waals surface area (Å²) in [5.74, 6) is -2.65. The number of carboxylic acid groups (broad SMARTS) is 1. The first-order valence-electron chi connectivity index (χ1n) is 9.86. The van der Waals surface area contributed by atoms with Gasteiger partial charge in [0.25, 0.3) is 5.91 Å². The summed E-state index contributed by atoms with van der Waals surface area (Å²) in [6, 6.07) is 0. The Labute approximate surface area is 169 Å². The molecule has 0 bridgehead atoms. The van der Waals surface area contributed by atoms with Crippen LogP contribution in [-0.4, -0.2) is 22.9 Å². The number of thiophene rings is 1. The Morgan fingerprint density at radius 1 is 1.14 bits per heavy atom. The standard InChI is InChI=1S/C21H28N2O4S/c1-4-12-5-6-13-16(9-12)28-20(17(13)18(22)24)23-19(25)14-7-10(2)11(3)8-15(14)21(26)27/h12,14-15H,4-9H2,1-3H3,(H2,22,24)(H,23,25)(H,26,27). The lowest BCUT2D eigenvalue weighted by Gasteiger charge is -2.29. The Morgan fingerprint density at radius 2 is 1.79 bits per heavy atom. The maximum Gasteiger partial charge on any atom is 0.307 e. The van der Waals surface area contributed by atoms with E-state index in [0.29, 0.717) is 29.3 Å². The minimum atomic E-state index is -0.960. The number of nitrogens with two attached hydrogens (primary N) is 1. The van der Waals surface area contributed by atoms with Gasteiger partial charge in [-0.2, -0.15) is 0 Å². The van der Waals surface area contributed by atoms with Crippen LogP contribution in [0.3, 0.4) is 0 Å². The number of fused-ring (bicyclic) bond motifs is 1. The minimum absolute atomic E-state index is 0.340. The van der Waals surface area contributed by atoms with Gasteiger partial charge < -0.3 is 16.2 Å². The van der Waals surface area contributed by atoms with E-state index in [4.69, 9.17) is 5.73 Å². The van der Waals surface area contributed by atoms with Gasteiger partial charge in [0.2, 0.25) is 5.91 Å². The molecule has 2 aliphatic rings. The van der Waals surface area contributed by atoms with E-state index in [9.17, 15) is 19.5 Å². The number of carbonyl (C=O) groups excluding carboxylic acids is 2. The lowest BCUT2D eigenvalue weighted by molar-refractivity contribution is -0.146. The number of nitrogens with one attached hydrogen (secondary N) is 1. The van der Waals surface area contributed by atoms with E-state index in [2.05, 4.69) is 12.2 Å². The number of anilines is 1. The second-order valence-electron chi connectivity index (χ2n) is 8.10. The molecule has 3 unspecified atom stereocenters. The van der Waals surface area contributed by atoms with E-state index in [-0.39, 0.29) is 5.91 Å². The molecule has 0 saturated heterocycles. The fourth-order valence-electron chi connectivity index (χ4n) is 4.38. The molecule has 1 heterocycles. The van der Waals surface area contributed by atoms with Crippen LogP contribution in [-0.2, 0) is 22.4 Å². The molecule has 0 spiro atoms. The van der Waals surface area contributed by atoms with Crippen molar-refractivity contribution >= 4 is 34.1 Å². The first-order valence-corrected chi connectivity index (χ1v) is 10.7. The number of rotatable bonds is 5. The highest BCUT2D eigenvalue weighted by Gasteiger charge is 2.38. The van der Waals surface area contributed by atoms with Crippen LogP contribution in [0.5, 0.6) is 0 Å². The number of primary amides is 1. The smallest absolute Gasteiger partial charge is 0.307 e. The van der Waals surface area contributed by atoms with Crippen molar-refractivity contribution in [2.45, 2.75) is 59.3 Å². The van der Waals surface area contributed by atoms with Crippen molar-refractivity contribution in [1.82, 2.24) is 0 Å². The van der Waals surface area contributed by atoms with E-state index in [1.807, 2.05) is 13.8 Å². The van der Waals surface area contributed by atoms with E-state index in [1.165, 1.54) is 11.3 Å². The van der Waals surface area contributed by atoms with Crippen molar-refractivity contribution in [2.75, 3.05) is 5.32 Å². The SMILES string of the molecule is CCC1CCc2c(sc(NC(=O)C3CC(C)=C(C)CC3C(=O)O)c2C(N)=O)C1. The average Bonchev–Trinajstić information content (AvgIpc) is 3.00. The lowest BCUT2D eigenvalue weighted by atomic mass is 9.76. The first-order chi connectivity index (χ1) is 13.2. The van der Waals surface area contributed by atoms with Crippen LogP contribution in [0.4, 0.5) is 5.00 Å². The third-order valence-corrected chi connectivity index (χ3v) is 7.52. The van der Waals surface area contributed by atoms with E-state index in [0.717, 1.165) is 47.3 Å². The van der Waals surface area contributed by atoms with Crippen LogP contribution >= 0.6 is 11.3 Å². The predicted octanol–water partition coefficient (Wildman–Crippen LogP) is 3.75. The van der Waals surface area contributed by atoms with Gasteiger partial charge in [0, 0.05) is 4.88 Å². The van der Waals surface area contributed by atoms with E-state index >= 15 is 0 Å².